The standard InChI is InChI=1S/C15H29NO/c1-3-14-10-8-6-4-5-7-9-11-15(2,12-14)13-16-17/h14H,3-13H2,1-2H3. The van der Waals surface area contributed by atoms with Gasteiger partial charge in [-0.25, -0.2) is 0 Å². The van der Waals surface area contributed by atoms with Crippen molar-refractivity contribution in [3.05, 3.63) is 4.91 Å². The van der Waals surface area contributed by atoms with Crippen LogP contribution in [0.2, 0.25) is 0 Å². The van der Waals surface area contributed by atoms with Crippen LogP contribution < -0.4 is 0 Å². The van der Waals surface area contributed by atoms with Gasteiger partial charge in [-0.05, 0) is 24.2 Å². The highest BCUT2D eigenvalue weighted by Gasteiger charge is 2.27. The molecule has 100 valence electrons. The molecule has 2 atom stereocenters. The third-order valence-electron chi connectivity index (χ3n) is 4.45. The molecule has 0 saturated heterocycles. The Morgan fingerprint density at radius 3 is 2.41 bits per heavy atom. The van der Waals surface area contributed by atoms with Gasteiger partial charge in [-0.3, -0.25) is 0 Å². The maximum Gasteiger partial charge on any atom is 0.0864 e. The Morgan fingerprint density at radius 2 is 1.76 bits per heavy atom. The molecule has 0 spiro atoms. The van der Waals surface area contributed by atoms with Gasteiger partial charge in [0.1, 0.15) is 0 Å². The van der Waals surface area contributed by atoms with Gasteiger partial charge in [-0.1, -0.05) is 70.4 Å². The summed E-state index contributed by atoms with van der Waals surface area (Å²) in [7, 11) is 0. The van der Waals surface area contributed by atoms with E-state index in [-0.39, 0.29) is 5.41 Å². The summed E-state index contributed by atoms with van der Waals surface area (Å²) in [5.74, 6) is 0.805. The van der Waals surface area contributed by atoms with Crippen LogP contribution in [0.1, 0.15) is 78.1 Å². The third-order valence-corrected chi connectivity index (χ3v) is 4.45. The lowest BCUT2D eigenvalue weighted by Crippen LogP contribution is -2.24. The van der Waals surface area contributed by atoms with Crippen molar-refractivity contribution in [3.8, 4) is 0 Å². The molecule has 0 aliphatic heterocycles. The highest BCUT2D eigenvalue weighted by molar-refractivity contribution is 4.80. The Bertz CT molecular complexity index is 217. The van der Waals surface area contributed by atoms with Crippen LogP contribution in [0.15, 0.2) is 5.18 Å². The molecule has 0 N–H and O–H groups in total. The van der Waals surface area contributed by atoms with E-state index in [1.54, 1.807) is 0 Å². The highest BCUT2D eigenvalue weighted by Crippen LogP contribution is 2.36. The predicted molar refractivity (Wildman–Crippen MR) is 74.1 cm³/mol. The molecule has 17 heavy (non-hydrogen) atoms. The molecule has 2 nitrogen and oxygen atoms in total. The number of rotatable bonds is 3. The third kappa shape index (κ3) is 5.65. The first-order valence-electron chi connectivity index (χ1n) is 7.49. The molecule has 0 bridgehead atoms. The molecule has 2 unspecified atom stereocenters. The second kappa shape index (κ2) is 7.84. The maximum atomic E-state index is 10.6. The fraction of sp³-hybridized carbons (Fsp3) is 1.00. The van der Waals surface area contributed by atoms with Crippen molar-refractivity contribution in [2.45, 2.75) is 78.1 Å². The van der Waals surface area contributed by atoms with E-state index < -0.39 is 0 Å². The molecule has 1 saturated carbocycles. The molecule has 0 radical (unpaired) electrons. The minimum atomic E-state index is 0.173. The van der Waals surface area contributed by atoms with Crippen LogP contribution in [0, 0.1) is 16.2 Å². The quantitative estimate of drug-likeness (QED) is 0.614. The van der Waals surface area contributed by atoms with E-state index in [1.807, 2.05) is 0 Å². The van der Waals surface area contributed by atoms with Crippen molar-refractivity contribution < 1.29 is 0 Å². The summed E-state index contributed by atoms with van der Waals surface area (Å²) in [6.45, 7) is 5.08. The fourth-order valence-electron chi connectivity index (χ4n) is 3.24. The second-order valence-electron chi connectivity index (χ2n) is 6.24. The molecule has 0 aromatic rings. The molecule has 0 amide bonds. The number of hydrogen-bond acceptors (Lipinski definition) is 2. The maximum absolute atomic E-state index is 10.6. The summed E-state index contributed by atoms with van der Waals surface area (Å²) in [6, 6.07) is 0. The Kier molecular flexibility index (Phi) is 6.76. The highest BCUT2D eigenvalue weighted by atomic mass is 16.3. The summed E-state index contributed by atoms with van der Waals surface area (Å²) < 4.78 is 0. The van der Waals surface area contributed by atoms with Gasteiger partial charge in [-0.2, -0.15) is 4.91 Å². The lowest BCUT2D eigenvalue weighted by Gasteiger charge is -2.31. The van der Waals surface area contributed by atoms with Crippen LogP contribution >= 0.6 is 0 Å². The lowest BCUT2D eigenvalue weighted by atomic mass is 9.75. The Hall–Kier alpha value is -0.400. The first-order chi connectivity index (χ1) is 8.20. The Morgan fingerprint density at radius 1 is 1.12 bits per heavy atom. The lowest BCUT2D eigenvalue weighted by molar-refractivity contribution is 0.213. The van der Waals surface area contributed by atoms with E-state index in [1.165, 1.54) is 64.2 Å². The summed E-state index contributed by atoms with van der Waals surface area (Å²) in [6.07, 6.45) is 13.2. The molecule has 1 aliphatic rings. The molecule has 0 aromatic carbocycles. The van der Waals surface area contributed by atoms with Crippen molar-refractivity contribution in [1.29, 1.82) is 0 Å². The number of nitrogens with zero attached hydrogens (tertiary/aromatic N) is 1. The minimum Gasteiger partial charge on any atom is -0.151 e. The predicted octanol–water partition coefficient (Wildman–Crippen LogP) is 5.31. The van der Waals surface area contributed by atoms with Crippen LogP contribution in [-0.4, -0.2) is 6.54 Å². The van der Waals surface area contributed by atoms with Crippen molar-refractivity contribution in [2.75, 3.05) is 6.54 Å². The molecular formula is C15H29NO. The van der Waals surface area contributed by atoms with E-state index in [2.05, 4.69) is 19.0 Å². The second-order valence-corrected chi connectivity index (χ2v) is 6.24. The van der Waals surface area contributed by atoms with Gasteiger partial charge in [0.15, 0.2) is 0 Å². The molecule has 0 heterocycles. The van der Waals surface area contributed by atoms with Gasteiger partial charge in [0.05, 0.1) is 6.54 Å². The van der Waals surface area contributed by atoms with E-state index in [4.69, 9.17) is 0 Å². The van der Waals surface area contributed by atoms with Crippen molar-refractivity contribution in [1.82, 2.24) is 0 Å². The van der Waals surface area contributed by atoms with Gasteiger partial charge >= 0.3 is 0 Å². The van der Waals surface area contributed by atoms with Crippen molar-refractivity contribution >= 4 is 0 Å². The van der Waals surface area contributed by atoms with Gasteiger partial charge in [0.25, 0.3) is 0 Å². The zero-order valence-corrected chi connectivity index (χ0v) is 11.7. The molecule has 1 fully saturated rings. The van der Waals surface area contributed by atoms with Crippen molar-refractivity contribution in [3.63, 3.8) is 0 Å². The summed E-state index contributed by atoms with van der Waals surface area (Å²) in [5, 5.41) is 3.20. The van der Waals surface area contributed by atoms with E-state index >= 15 is 0 Å². The molecule has 1 aliphatic carbocycles. The van der Waals surface area contributed by atoms with E-state index in [9.17, 15) is 4.91 Å². The van der Waals surface area contributed by atoms with Crippen LogP contribution in [0.5, 0.6) is 0 Å². The first-order valence-corrected chi connectivity index (χ1v) is 7.49. The van der Waals surface area contributed by atoms with Gasteiger partial charge in [0.2, 0.25) is 0 Å². The molecule has 2 heteroatoms. The normalized spacial score (nSPS) is 32.7. The van der Waals surface area contributed by atoms with Gasteiger partial charge in [0, 0.05) is 0 Å². The monoisotopic (exact) mass is 239 g/mol. The zero-order valence-electron chi connectivity index (χ0n) is 11.7. The molecule has 0 aromatic heterocycles. The Labute approximate surface area is 107 Å². The van der Waals surface area contributed by atoms with E-state index in [0.29, 0.717) is 6.54 Å². The van der Waals surface area contributed by atoms with Crippen LogP contribution in [0.25, 0.3) is 0 Å². The van der Waals surface area contributed by atoms with Crippen LogP contribution in [-0.2, 0) is 0 Å². The largest absolute Gasteiger partial charge is 0.151 e. The average molecular weight is 239 g/mol. The Balaban J connectivity index is 2.60. The van der Waals surface area contributed by atoms with Crippen LogP contribution in [0.3, 0.4) is 0 Å². The smallest absolute Gasteiger partial charge is 0.0864 e. The average Bonchev–Trinajstić information content (AvgIpc) is 2.34. The topological polar surface area (TPSA) is 29.4 Å². The number of hydrogen-bond donors (Lipinski definition) is 0. The van der Waals surface area contributed by atoms with Crippen molar-refractivity contribution in [2.24, 2.45) is 16.5 Å². The summed E-state index contributed by atoms with van der Waals surface area (Å²) in [4.78, 5) is 10.6. The minimum absolute atomic E-state index is 0.173. The summed E-state index contributed by atoms with van der Waals surface area (Å²) in [5.41, 5.74) is 0.173. The molecule has 1 rings (SSSR count). The van der Waals surface area contributed by atoms with E-state index in [0.717, 1.165) is 5.92 Å². The zero-order chi connectivity index (χ0) is 12.6. The molecular weight excluding hydrogens is 210 g/mol. The van der Waals surface area contributed by atoms with Gasteiger partial charge < -0.3 is 0 Å². The SMILES string of the molecule is CCC1CCCCCCCCC(C)(CN=O)C1. The van der Waals surface area contributed by atoms with Crippen LogP contribution in [0.4, 0.5) is 0 Å². The summed E-state index contributed by atoms with van der Waals surface area (Å²) >= 11 is 0. The van der Waals surface area contributed by atoms with Gasteiger partial charge in [-0.15, -0.1) is 0 Å². The number of nitroso groups, excluding NO2 is 1. The fourth-order valence-corrected chi connectivity index (χ4v) is 3.24. The first kappa shape index (κ1) is 14.7.